The molecule has 0 unspecified atom stereocenters. The predicted molar refractivity (Wildman–Crippen MR) is 135 cm³/mol. The molecule has 35 heavy (non-hydrogen) atoms. The highest BCUT2D eigenvalue weighted by Gasteiger charge is 2.34. The molecule has 1 fully saturated rings. The van der Waals surface area contributed by atoms with Crippen molar-refractivity contribution in [3.05, 3.63) is 60.6 Å². The molecule has 1 aliphatic heterocycles. The van der Waals surface area contributed by atoms with Crippen LogP contribution < -0.4 is 15.4 Å². The summed E-state index contributed by atoms with van der Waals surface area (Å²) in [6, 6.07) is 15.0. The van der Waals surface area contributed by atoms with Crippen LogP contribution in [-0.2, 0) is 10.2 Å². The average Bonchev–Trinajstić information content (AvgIpc) is 3.44. The lowest BCUT2D eigenvalue weighted by molar-refractivity contribution is -0.120. The Morgan fingerprint density at radius 3 is 2.57 bits per heavy atom. The van der Waals surface area contributed by atoms with E-state index in [4.69, 9.17) is 9.47 Å². The minimum atomic E-state index is -0.354. The number of aromatic amines is 1. The number of imidazole rings is 1. The molecule has 9 heteroatoms. The van der Waals surface area contributed by atoms with E-state index in [0.717, 1.165) is 41.4 Å². The molecule has 2 aromatic carbocycles. The summed E-state index contributed by atoms with van der Waals surface area (Å²) in [4.78, 5) is 16.9. The van der Waals surface area contributed by atoms with Gasteiger partial charge in [0.05, 0.1) is 30.9 Å². The summed E-state index contributed by atoms with van der Waals surface area (Å²) in [7, 11) is 0. The van der Waals surface area contributed by atoms with Crippen molar-refractivity contribution in [1.29, 1.82) is 0 Å². The summed E-state index contributed by atoms with van der Waals surface area (Å²) in [5, 5.41) is 12.7. The van der Waals surface area contributed by atoms with Crippen molar-refractivity contribution in [2.24, 2.45) is 5.41 Å². The van der Waals surface area contributed by atoms with Gasteiger partial charge in [0.15, 0.2) is 5.82 Å². The molecule has 2 amide bonds. The molecule has 0 saturated carbocycles. The van der Waals surface area contributed by atoms with E-state index >= 15 is 0 Å². The van der Waals surface area contributed by atoms with E-state index in [1.54, 1.807) is 6.33 Å². The van der Waals surface area contributed by atoms with E-state index < -0.39 is 0 Å². The number of hydrogen-bond acceptors (Lipinski definition) is 5. The predicted octanol–water partition coefficient (Wildman–Crippen LogP) is 5.11. The van der Waals surface area contributed by atoms with Crippen molar-refractivity contribution in [3.8, 4) is 11.4 Å². The van der Waals surface area contributed by atoms with Crippen molar-refractivity contribution >= 4 is 28.6 Å². The number of urea groups is 1. The quantitative estimate of drug-likeness (QED) is 0.360. The van der Waals surface area contributed by atoms with Gasteiger partial charge in [-0.25, -0.2) is 9.78 Å². The van der Waals surface area contributed by atoms with E-state index in [-0.39, 0.29) is 16.9 Å². The number of amides is 2. The zero-order chi connectivity index (χ0) is 24.6. The largest absolute Gasteiger partial charge is 0.493 e. The molecule has 1 aliphatic rings. The van der Waals surface area contributed by atoms with Gasteiger partial charge in [-0.15, -0.1) is 0 Å². The van der Waals surface area contributed by atoms with Gasteiger partial charge in [0.1, 0.15) is 12.1 Å². The lowest BCUT2D eigenvalue weighted by Gasteiger charge is -2.37. The highest BCUT2D eigenvalue weighted by atomic mass is 16.5. The SMILES string of the molecule is CC1(COc2ccc3c(c2)ncn3-c2ccc(NC(=O)Nc3cc(C(C)(C)C)[nH]n3)cc2)COC1. The molecule has 0 radical (unpaired) electrons. The van der Waals surface area contributed by atoms with Crippen LogP contribution in [0.1, 0.15) is 33.4 Å². The molecule has 5 rings (SSSR count). The van der Waals surface area contributed by atoms with Crippen molar-refractivity contribution in [1.82, 2.24) is 19.7 Å². The van der Waals surface area contributed by atoms with Crippen LogP contribution in [-0.4, -0.2) is 45.6 Å². The smallest absolute Gasteiger partial charge is 0.324 e. The standard InChI is InChI=1S/C26H30N6O3/c1-25(2,3)22-12-23(31-30-22)29-24(33)28-17-5-7-18(8-6-17)32-16-27-20-11-19(9-10-21(20)32)35-15-26(4)13-34-14-26/h5-12,16H,13-15H2,1-4H3,(H3,28,29,30,31,33). The van der Waals surface area contributed by atoms with Crippen LogP contribution >= 0.6 is 0 Å². The van der Waals surface area contributed by atoms with Crippen molar-refractivity contribution in [2.45, 2.75) is 33.1 Å². The van der Waals surface area contributed by atoms with Gasteiger partial charge in [0.25, 0.3) is 0 Å². The third-order valence-corrected chi connectivity index (χ3v) is 6.04. The van der Waals surface area contributed by atoms with Crippen LogP contribution in [0, 0.1) is 5.41 Å². The molecule has 0 bridgehead atoms. The van der Waals surface area contributed by atoms with Gasteiger partial charge in [-0.05, 0) is 36.4 Å². The summed E-state index contributed by atoms with van der Waals surface area (Å²) >= 11 is 0. The Labute approximate surface area is 203 Å². The average molecular weight is 475 g/mol. The van der Waals surface area contributed by atoms with E-state index in [1.807, 2.05) is 53.1 Å². The van der Waals surface area contributed by atoms with Crippen LogP contribution in [0.3, 0.4) is 0 Å². The lowest BCUT2D eigenvalue weighted by Crippen LogP contribution is -2.44. The number of anilines is 2. The first-order chi connectivity index (χ1) is 16.7. The maximum atomic E-state index is 12.4. The molecule has 3 heterocycles. The Bertz CT molecular complexity index is 1350. The van der Waals surface area contributed by atoms with Gasteiger partial charge < -0.3 is 14.8 Å². The van der Waals surface area contributed by atoms with Crippen LogP contribution in [0.5, 0.6) is 5.75 Å². The zero-order valence-corrected chi connectivity index (χ0v) is 20.4. The first-order valence-electron chi connectivity index (χ1n) is 11.6. The van der Waals surface area contributed by atoms with Crippen LogP contribution in [0.15, 0.2) is 54.9 Å². The number of ether oxygens (including phenoxy) is 2. The van der Waals surface area contributed by atoms with Gasteiger partial charge in [-0.3, -0.25) is 15.0 Å². The Morgan fingerprint density at radius 1 is 1.14 bits per heavy atom. The van der Waals surface area contributed by atoms with Crippen LogP contribution in [0.2, 0.25) is 0 Å². The fourth-order valence-electron chi connectivity index (χ4n) is 3.83. The maximum absolute atomic E-state index is 12.4. The normalized spacial score (nSPS) is 15.0. The zero-order valence-electron chi connectivity index (χ0n) is 20.4. The van der Waals surface area contributed by atoms with E-state index in [9.17, 15) is 4.79 Å². The molecule has 3 N–H and O–H groups in total. The molecule has 1 saturated heterocycles. The molecule has 0 spiro atoms. The Morgan fingerprint density at radius 2 is 1.91 bits per heavy atom. The number of carbonyl (C=O) groups excluding carboxylic acids is 1. The number of nitrogens with one attached hydrogen (secondary N) is 3. The summed E-state index contributed by atoms with van der Waals surface area (Å²) < 4.78 is 13.3. The number of benzene rings is 2. The number of fused-ring (bicyclic) bond motifs is 1. The second-order valence-corrected chi connectivity index (χ2v) is 10.4. The topological polar surface area (TPSA) is 106 Å². The molecular weight excluding hydrogens is 444 g/mol. The number of nitrogens with zero attached hydrogens (tertiary/aromatic N) is 3. The second kappa shape index (κ2) is 8.74. The van der Waals surface area contributed by atoms with Gasteiger partial charge in [0.2, 0.25) is 0 Å². The highest BCUT2D eigenvalue weighted by Crippen LogP contribution is 2.29. The Hall–Kier alpha value is -3.85. The second-order valence-electron chi connectivity index (χ2n) is 10.4. The maximum Gasteiger partial charge on any atom is 0.324 e. The number of carbonyl (C=O) groups is 1. The van der Waals surface area contributed by atoms with Gasteiger partial charge >= 0.3 is 6.03 Å². The fourth-order valence-corrected chi connectivity index (χ4v) is 3.83. The first-order valence-corrected chi connectivity index (χ1v) is 11.6. The van der Waals surface area contributed by atoms with Crippen molar-refractivity contribution in [3.63, 3.8) is 0 Å². The van der Waals surface area contributed by atoms with Crippen LogP contribution in [0.4, 0.5) is 16.3 Å². The number of aromatic nitrogens is 4. The third kappa shape index (κ3) is 5.00. The van der Waals surface area contributed by atoms with Gasteiger partial charge in [-0.1, -0.05) is 27.7 Å². The van der Waals surface area contributed by atoms with Gasteiger partial charge in [0, 0.05) is 40.0 Å². The molecule has 0 atom stereocenters. The van der Waals surface area contributed by atoms with Crippen LogP contribution in [0.25, 0.3) is 16.7 Å². The molecular formula is C26H30N6O3. The first kappa shape index (κ1) is 22.9. The third-order valence-electron chi connectivity index (χ3n) is 6.04. The minimum Gasteiger partial charge on any atom is -0.493 e. The molecule has 4 aromatic rings. The number of H-pyrrole nitrogens is 1. The lowest BCUT2D eigenvalue weighted by atomic mass is 9.90. The van der Waals surface area contributed by atoms with Crippen molar-refractivity contribution < 1.29 is 14.3 Å². The summed E-state index contributed by atoms with van der Waals surface area (Å²) in [5.41, 5.74) is 4.41. The monoisotopic (exact) mass is 474 g/mol. The van der Waals surface area contributed by atoms with Crippen molar-refractivity contribution in [2.75, 3.05) is 30.5 Å². The molecule has 182 valence electrons. The molecule has 2 aromatic heterocycles. The number of rotatable bonds is 6. The molecule has 9 nitrogen and oxygen atoms in total. The summed E-state index contributed by atoms with van der Waals surface area (Å²) in [6.07, 6.45) is 1.79. The Balaban J connectivity index is 1.23. The summed E-state index contributed by atoms with van der Waals surface area (Å²) in [5.74, 6) is 1.28. The van der Waals surface area contributed by atoms with Gasteiger partial charge in [-0.2, -0.15) is 5.10 Å². The minimum absolute atomic E-state index is 0.0743. The highest BCUT2D eigenvalue weighted by molar-refractivity contribution is 5.99. The van der Waals surface area contributed by atoms with E-state index in [0.29, 0.717) is 18.1 Å². The van der Waals surface area contributed by atoms with E-state index in [1.165, 1.54) is 0 Å². The van der Waals surface area contributed by atoms with E-state index in [2.05, 4.69) is 53.5 Å². The molecule has 0 aliphatic carbocycles. The summed E-state index contributed by atoms with van der Waals surface area (Å²) in [6.45, 7) is 10.5. The Kier molecular flexibility index (Phi) is 5.72. The number of hydrogen-bond donors (Lipinski definition) is 3. The fraction of sp³-hybridized carbons (Fsp3) is 0.346.